The summed E-state index contributed by atoms with van der Waals surface area (Å²) in [5, 5.41) is 13.0. The third-order valence-electron chi connectivity index (χ3n) is 3.83. The molecule has 0 bridgehead atoms. The Kier molecular flexibility index (Phi) is 5.97. The topological polar surface area (TPSA) is 90.0 Å². The van der Waals surface area contributed by atoms with Crippen molar-refractivity contribution in [3.8, 4) is 17.8 Å². The van der Waals surface area contributed by atoms with Crippen molar-refractivity contribution >= 4 is 5.97 Å². The zero-order chi connectivity index (χ0) is 19.9. The molecule has 0 amide bonds. The highest BCUT2D eigenvalue weighted by Gasteiger charge is 2.08. The van der Waals surface area contributed by atoms with Crippen molar-refractivity contribution in [2.75, 3.05) is 6.61 Å². The third-order valence-corrected chi connectivity index (χ3v) is 3.83. The molecule has 2 aromatic heterocycles. The summed E-state index contributed by atoms with van der Waals surface area (Å²) >= 11 is 0. The van der Waals surface area contributed by atoms with Gasteiger partial charge in [-0.1, -0.05) is 12.1 Å². The van der Waals surface area contributed by atoms with Gasteiger partial charge < -0.3 is 9.47 Å². The normalized spacial score (nSPS) is 10.3. The summed E-state index contributed by atoms with van der Waals surface area (Å²) in [6, 6.07) is 11.3. The molecule has 8 heteroatoms. The van der Waals surface area contributed by atoms with Crippen LogP contribution in [0.25, 0.3) is 5.82 Å². The summed E-state index contributed by atoms with van der Waals surface area (Å²) in [5.74, 6) is 0.0343. The van der Waals surface area contributed by atoms with Gasteiger partial charge in [0.25, 0.3) is 0 Å². The molecule has 7 nitrogen and oxygen atoms in total. The zero-order valence-corrected chi connectivity index (χ0v) is 15.1. The quantitative estimate of drug-likeness (QED) is 0.586. The molecule has 0 aliphatic heterocycles. The van der Waals surface area contributed by atoms with Crippen LogP contribution in [-0.2, 0) is 22.6 Å². The molecule has 3 aromatic rings. The monoisotopic (exact) mass is 380 g/mol. The minimum absolute atomic E-state index is 0.0132. The average molecular weight is 380 g/mol. The minimum Gasteiger partial charge on any atom is -0.473 e. The number of nitrogens with zero attached hydrogens (tertiary/aromatic N) is 4. The first-order chi connectivity index (χ1) is 13.5. The predicted octanol–water partition coefficient (Wildman–Crippen LogP) is 2.96. The van der Waals surface area contributed by atoms with Gasteiger partial charge in [-0.15, -0.1) is 0 Å². The van der Waals surface area contributed by atoms with Crippen LogP contribution < -0.4 is 4.74 Å². The molecule has 0 aliphatic rings. The van der Waals surface area contributed by atoms with E-state index in [0.29, 0.717) is 23.7 Å². The van der Waals surface area contributed by atoms with Crippen molar-refractivity contribution in [1.29, 1.82) is 5.26 Å². The molecule has 0 saturated carbocycles. The second kappa shape index (κ2) is 8.77. The second-order valence-corrected chi connectivity index (χ2v) is 5.92. The van der Waals surface area contributed by atoms with E-state index in [4.69, 9.17) is 14.7 Å². The van der Waals surface area contributed by atoms with Crippen LogP contribution >= 0.6 is 0 Å². The molecule has 142 valence electrons. The summed E-state index contributed by atoms with van der Waals surface area (Å²) < 4.78 is 26.0. The summed E-state index contributed by atoms with van der Waals surface area (Å²) in [6.07, 6.45) is 4.01. The lowest BCUT2D eigenvalue weighted by atomic mass is 10.1. The number of nitriles is 1. The van der Waals surface area contributed by atoms with E-state index in [1.165, 1.54) is 25.1 Å². The largest absolute Gasteiger partial charge is 0.473 e. The molecular formula is C20H17FN4O3. The van der Waals surface area contributed by atoms with Gasteiger partial charge in [0.1, 0.15) is 12.4 Å². The van der Waals surface area contributed by atoms with E-state index in [1.807, 2.05) is 6.07 Å². The number of carbonyl (C=O) groups excluding carboxylic acids is 1. The van der Waals surface area contributed by atoms with E-state index in [1.54, 1.807) is 35.3 Å². The highest BCUT2D eigenvalue weighted by atomic mass is 19.1. The first-order valence-electron chi connectivity index (χ1n) is 8.51. The lowest BCUT2D eigenvalue weighted by Gasteiger charge is -2.08. The van der Waals surface area contributed by atoms with Crippen LogP contribution in [0.15, 0.2) is 48.8 Å². The van der Waals surface area contributed by atoms with Crippen LogP contribution in [0.5, 0.6) is 5.88 Å². The van der Waals surface area contributed by atoms with E-state index in [2.05, 4.69) is 10.1 Å². The van der Waals surface area contributed by atoms with E-state index < -0.39 is 5.82 Å². The van der Waals surface area contributed by atoms with Gasteiger partial charge in [-0.05, 0) is 23.8 Å². The Bertz CT molecular complexity index is 1030. The summed E-state index contributed by atoms with van der Waals surface area (Å²) in [6.45, 7) is 1.64. The molecule has 0 spiro atoms. The Labute approximate surface area is 161 Å². The maximum atomic E-state index is 13.9. The minimum atomic E-state index is -0.500. The zero-order valence-electron chi connectivity index (χ0n) is 15.1. The molecule has 0 saturated heterocycles. The van der Waals surface area contributed by atoms with Crippen molar-refractivity contribution in [1.82, 2.24) is 14.8 Å². The molecule has 0 aliphatic carbocycles. The van der Waals surface area contributed by atoms with E-state index in [0.717, 1.165) is 5.56 Å². The van der Waals surface area contributed by atoms with Gasteiger partial charge in [-0.25, -0.2) is 9.07 Å². The molecule has 0 unspecified atom stereocenters. The summed E-state index contributed by atoms with van der Waals surface area (Å²) in [7, 11) is 0. The van der Waals surface area contributed by atoms with Gasteiger partial charge in [0, 0.05) is 31.2 Å². The smallest absolute Gasteiger partial charge is 0.302 e. The number of pyridine rings is 1. The van der Waals surface area contributed by atoms with Gasteiger partial charge in [0.2, 0.25) is 5.88 Å². The molecular weight excluding hydrogens is 363 g/mol. The number of aromatic nitrogens is 3. The Morgan fingerprint density at radius 3 is 2.93 bits per heavy atom. The van der Waals surface area contributed by atoms with Crippen LogP contribution in [0.2, 0.25) is 0 Å². The average Bonchev–Trinajstić information content (AvgIpc) is 3.16. The number of rotatable bonds is 7. The van der Waals surface area contributed by atoms with Crippen LogP contribution in [0, 0.1) is 17.1 Å². The van der Waals surface area contributed by atoms with Gasteiger partial charge in [0.15, 0.2) is 5.82 Å². The maximum Gasteiger partial charge on any atom is 0.302 e. The van der Waals surface area contributed by atoms with E-state index in [-0.39, 0.29) is 24.7 Å². The number of hydrogen-bond donors (Lipinski definition) is 0. The Balaban J connectivity index is 1.65. The van der Waals surface area contributed by atoms with Crippen molar-refractivity contribution in [3.63, 3.8) is 0 Å². The van der Waals surface area contributed by atoms with Gasteiger partial charge >= 0.3 is 5.97 Å². The SMILES string of the molecule is CC(=O)OCCc1cnn(-c2cccc(OCc3ccc(C#N)cc3F)n2)c1. The highest BCUT2D eigenvalue weighted by molar-refractivity contribution is 5.65. The van der Waals surface area contributed by atoms with E-state index >= 15 is 0 Å². The van der Waals surface area contributed by atoms with Crippen molar-refractivity contribution in [3.05, 3.63) is 71.3 Å². The van der Waals surface area contributed by atoms with Crippen LogP contribution in [0.3, 0.4) is 0 Å². The second-order valence-electron chi connectivity index (χ2n) is 5.92. The molecule has 2 heterocycles. The lowest BCUT2D eigenvalue weighted by Crippen LogP contribution is -2.04. The van der Waals surface area contributed by atoms with Crippen molar-refractivity contribution < 1.29 is 18.7 Å². The number of ether oxygens (including phenoxy) is 2. The van der Waals surface area contributed by atoms with Crippen molar-refractivity contribution in [2.45, 2.75) is 20.0 Å². The molecule has 3 rings (SSSR count). The number of benzene rings is 1. The van der Waals surface area contributed by atoms with Gasteiger partial charge in [-0.2, -0.15) is 15.3 Å². The maximum absolute atomic E-state index is 13.9. The van der Waals surface area contributed by atoms with Crippen LogP contribution in [0.1, 0.15) is 23.6 Å². The lowest BCUT2D eigenvalue weighted by molar-refractivity contribution is -0.140. The summed E-state index contributed by atoms with van der Waals surface area (Å²) in [5.41, 5.74) is 1.48. The highest BCUT2D eigenvalue weighted by Crippen LogP contribution is 2.16. The van der Waals surface area contributed by atoms with Gasteiger partial charge in [0.05, 0.1) is 24.4 Å². The fourth-order valence-electron chi connectivity index (χ4n) is 2.42. The number of hydrogen-bond acceptors (Lipinski definition) is 6. The molecule has 0 N–H and O–H groups in total. The Hall–Kier alpha value is -3.73. The predicted molar refractivity (Wildman–Crippen MR) is 97.1 cm³/mol. The Morgan fingerprint density at radius 2 is 2.18 bits per heavy atom. The first kappa shape index (κ1) is 19.0. The fourth-order valence-corrected chi connectivity index (χ4v) is 2.42. The van der Waals surface area contributed by atoms with Crippen molar-refractivity contribution in [2.24, 2.45) is 0 Å². The first-order valence-corrected chi connectivity index (χ1v) is 8.51. The van der Waals surface area contributed by atoms with Crippen LogP contribution in [0.4, 0.5) is 4.39 Å². The molecule has 0 atom stereocenters. The molecule has 0 fully saturated rings. The molecule has 1 aromatic carbocycles. The molecule has 0 radical (unpaired) electrons. The third kappa shape index (κ3) is 4.92. The van der Waals surface area contributed by atoms with Crippen LogP contribution in [-0.4, -0.2) is 27.3 Å². The number of halogens is 1. The standard InChI is InChI=1S/C20H17FN4O3/c1-14(26)27-8-7-16-11-23-25(12-16)19-3-2-4-20(24-19)28-13-17-6-5-15(10-22)9-18(17)21/h2-6,9,11-12H,7-8,13H2,1H3. The van der Waals surface area contributed by atoms with E-state index in [9.17, 15) is 9.18 Å². The molecule has 28 heavy (non-hydrogen) atoms. The number of esters is 1. The summed E-state index contributed by atoms with van der Waals surface area (Å²) in [4.78, 5) is 15.2. The number of carbonyl (C=O) groups is 1. The Morgan fingerprint density at radius 1 is 1.32 bits per heavy atom. The van der Waals surface area contributed by atoms with Gasteiger partial charge in [-0.3, -0.25) is 4.79 Å². The fraction of sp³-hybridized carbons (Fsp3) is 0.200.